The van der Waals surface area contributed by atoms with Gasteiger partial charge < -0.3 is 0 Å². The molecule has 0 atom stereocenters. The summed E-state index contributed by atoms with van der Waals surface area (Å²) in [6.45, 7) is 0.188. The number of aliphatic imine (C=N–C) groups is 1. The minimum atomic E-state index is -0.0706. The number of carbonyl (C=O) groups excluding carboxylic acids is 1. The first-order chi connectivity index (χ1) is 5.38. The summed E-state index contributed by atoms with van der Waals surface area (Å²) < 4.78 is 0. The number of amides is 1. The minimum absolute atomic E-state index is 0.0706. The van der Waals surface area contributed by atoms with Crippen molar-refractivity contribution in [3.63, 3.8) is 0 Å². The number of rotatable bonds is 0. The molecule has 5 nitrogen and oxygen atoms in total. The van der Waals surface area contributed by atoms with E-state index in [0.29, 0.717) is 5.82 Å². The molecule has 0 unspecified atom stereocenters. The lowest BCUT2D eigenvalue weighted by Crippen LogP contribution is -2.29. The lowest BCUT2D eigenvalue weighted by Gasteiger charge is -2.09. The second-order valence-corrected chi connectivity index (χ2v) is 2.16. The first-order valence-corrected chi connectivity index (χ1v) is 3.19. The summed E-state index contributed by atoms with van der Waals surface area (Å²) in [5.74, 6) is 0.593. The summed E-state index contributed by atoms with van der Waals surface area (Å²) in [6, 6.07) is 0. The van der Waals surface area contributed by atoms with E-state index in [2.05, 4.69) is 15.5 Å². The van der Waals surface area contributed by atoms with Crippen LogP contribution in [0.3, 0.4) is 0 Å². The Hall–Kier alpha value is -1.65. The van der Waals surface area contributed by atoms with Crippen LogP contribution in [0.15, 0.2) is 22.0 Å². The fraction of sp³-hybridized carbons (Fsp3) is 0.167. The van der Waals surface area contributed by atoms with Gasteiger partial charge in [0.2, 0.25) is 0 Å². The van der Waals surface area contributed by atoms with Gasteiger partial charge in [-0.1, -0.05) is 0 Å². The van der Waals surface area contributed by atoms with Crippen LogP contribution >= 0.6 is 0 Å². The first-order valence-electron chi connectivity index (χ1n) is 3.19. The summed E-state index contributed by atoms with van der Waals surface area (Å²) in [6.07, 6.45) is 4.75. The van der Waals surface area contributed by atoms with Crippen molar-refractivity contribution in [3.05, 3.63) is 11.9 Å². The van der Waals surface area contributed by atoms with Gasteiger partial charge in [0.25, 0.3) is 5.91 Å². The van der Waals surface area contributed by atoms with Crippen molar-refractivity contribution >= 4 is 18.5 Å². The molecule has 0 radical (unpaired) electrons. The van der Waals surface area contributed by atoms with Crippen LogP contribution < -0.4 is 5.43 Å². The maximum absolute atomic E-state index is 11.1. The van der Waals surface area contributed by atoms with Gasteiger partial charge in [0, 0.05) is 6.21 Å². The second kappa shape index (κ2) is 2.19. The lowest BCUT2D eigenvalue weighted by atomic mass is 10.5. The summed E-state index contributed by atoms with van der Waals surface area (Å²) in [7, 11) is 0. The van der Waals surface area contributed by atoms with E-state index in [9.17, 15) is 4.79 Å². The number of hydrazone groups is 1. The summed E-state index contributed by atoms with van der Waals surface area (Å²) in [4.78, 5) is 16.4. The third-order valence-electron chi connectivity index (χ3n) is 1.44. The van der Waals surface area contributed by atoms with Gasteiger partial charge >= 0.3 is 0 Å². The molecule has 2 heterocycles. The van der Waals surface area contributed by atoms with Crippen molar-refractivity contribution in [1.82, 2.24) is 10.3 Å². The number of nitrogens with one attached hydrogen (secondary N) is 1. The Kier molecular flexibility index (Phi) is 1.21. The Labute approximate surface area is 63.1 Å². The molecule has 2 aliphatic rings. The highest BCUT2D eigenvalue weighted by atomic mass is 16.2. The van der Waals surface area contributed by atoms with Crippen molar-refractivity contribution in [2.45, 2.75) is 0 Å². The molecule has 0 aromatic heterocycles. The van der Waals surface area contributed by atoms with Gasteiger partial charge in [-0.3, -0.25) is 20.1 Å². The Morgan fingerprint density at radius 2 is 2.55 bits per heavy atom. The van der Waals surface area contributed by atoms with Crippen LogP contribution in [-0.4, -0.2) is 29.9 Å². The van der Waals surface area contributed by atoms with Crippen LogP contribution in [0.1, 0.15) is 0 Å². The number of nitrogens with zero attached hydrogens (tertiary/aromatic N) is 3. The molecule has 0 bridgehead atoms. The SMILES string of the molecule is O=C1CN=CC=C2NN=CN12. The molecule has 2 rings (SSSR count). The van der Waals surface area contributed by atoms with E-state index in [4.69, 9.17) is 0 Å². The lowest BCUT2D eigenvalue weighted by molar-refractivity contribution is -0.124. The molecule has 1 N–H and O–H groups in total. The van der Waals surface area contributed by atoms with E-state index in [1.165, 1.54) is 11.2 Å². The Balaban J connectivity index is 2.34. The van der Waals surface area contributed by atoms with Crippen LogP contribution in [0.25, 0.3) is 0 Å². The van der Waals surface area contributed by atoms with Crippen LogP contribution in [0, 0.1) is 0 Å². The zero-order chi connectivity index (χ0) is 7.68. The summed E-state index contributed by atoms with van der Waals surface area (Å²) in [5, 5.41) is 3.72. The fourth-order valence-corrected chi connectivity index (χ4v) is 0.915. The summed E-state index contributed by atoms with van der Waals surface area (Å²) >= 11 is 0. The fourth-order valence-electron chi connectivity index (χ4n) is 0.915. The van der Waals surface area contributed by atoms with Crippen LogP contribution in [0.5, 0.6) is 0 Å². The van der Waals surface area contributed by atoms with E-state index in [-0.39, 0.29) is 12.5 Å². The molecule has 0 aromatic carbocycles. The van der Waals surface area contributed by atoms with Gasteiger partial charge in [0.1, 0.15) is 18.7 Å². The number of hydrogen-bond donors (Lipinski definition) is 1. The van der Waals surface area contributed by atoms with Gasteiger partial charge in [-0.2, -0.15) is 5.10 Å². The monoisotopic (exact) mass is 150 g/mol. The largest absolute Gasteiger partial charge is 0.283 e. The highest BCUT2D eigenvalue weighted by Gasteiger charge is 2.20. The zero-order valence-electron chi connectivity index (χ0n) is 5.69. The van der Waals surface area contributed by atoms with E-state index < -0.39 is 0 Å². The Morgan fingerprint density at radius 3 is 3.45 bits per heavy atom. The topological polar surface area (TPSA) is 57.1 Å². The highest BCUT2D eigenvalue weighted by Crippen LogP contribution is 2.05. The predicted octanol–water partition coefficient (Wildman–Crippen LogP) is -0.713. The van der Waals surface area contributed by atoms with E-state index >= 15 is 0 Å². The molecule has 5 heteroatoms. The second-order valence-electron chi connectivity index (χ2n) is 2.16. The quantitative estimate of drug-likeness (QED) is 0.495. The first kappa shape index (κ1) is 6.09. The van der Waals surface area contributed by atoms with Crippen molar-refractivity contribution in [2.24, 2.45) is 10.1 Å². The minimum Gasteiger partial charge on any atom is -0.283 e. The van der Waals surface area contributed by atoms with Gasteiger partial charge in [-0.25, -0.2) is 0 Å². The normalized spacial score (nSPS) is 20.9. The van der Waals surface area contributed by atoms with Crippen LogP contribution in [0.4, 0.5) is 0 Å². The number of fused-ring (bicyclic) bond motifs is 1. The summed E-state index contributed by atoms with van der Waals surface area (Å²) in [5.41, 5.74) is 2.67. The zero-order valence-corrected chi connectivity index (χ0v) is 5.69. The highest BCUT2D eigenvalue weighted by molar-refractivity contribution is 5.95. The molecular weight excluding hydrogens is 144 g/mol. The Morgan fingerprint density at radius 1 is 1.64 bits per heavy atom. The maximum atomic E-state index is 11.1. The molecule has 0 aromatic rings. The average Bonchev–Trinajstić information content (AvgIpc) is 2.40. The maximum Gasteiger partial charge on any atom is 0.255 e. The van der Waals surface area contributed by atoms with Gasteiger partial charge in [-0.15, -0.1) is 0 Å². The molecule has 56 valence electrons. The molecule has 0 saturated heterocycles. The predicted molar refractivity (Wildman–Crippen MR) is 39.9 cm³/mol. The van der Waals surface area contributed by atoms with Crippen molar-refractivity contribution in [1.29, 1.82) is 0 Å². The van der Waals surface area contributed by atoms with Crippen LogP contribution in [-0.2, 0) is 4.79 Å². The Bertz CT molecular complexity index is 278. The third-order valence-corrected chi connectivity index (χ3v) is 1.44. The molecule has 0 saturated carbocycles. The van der Waals surface area contributed by atoms with Crippen molar-refractivity contribution < 1.29 is 4.79 Å². The third kappa shape index (κ3) is 0.899. The number of carbonyl (C=O) groups is 1. The average molecular weight is 150 g/mol. The van der Waals surface area contributed by atoms with Gasteiger partial charge in [0.15, 0.2) is 0 Å². The number of allylic oxidation sites excluding steroid dienone is 1. The molecule has 2 aliphatic heterocycles. The smallest absolute Gasteiger partial charge is 0.255 e. The van der Waals surface area contributed by atoms with Crippen LogP contribution in [0.2, 0.25) is 0 Å². The van der Waals surface area contributed by atoms with E-state index in [1.54, 1.807) is 12.3 Å². The van der Waals surface area contributed by atoms with Crippen molar-refractivity contribution in [2.75, 3.05) is 6.54 Å². The molecule has 11 heavy (non-hydrogen) atoms. The molecule has 0 aliphatic carbocycles. The standard InChI is InChI=1S/C6H6N4O/c11-6-3-7-2-1-5-9-8-4-10(5)6/h1-2,4,9H,3H2. The molecular formula is C6H6N4O. The molecule has 1 amide bonds. The molecule has 0 spiro atoms. The van der Waals surface area contributed by atoms with Gasteiger partial charge in [0.05, 0.1) is 0 Å². The van der Waals surface area contributed by atoms with Crippen molar-refractivity contribution in [3.8, 4) is 0 Å². The van der Waals surface area contributed by atoms with E-state index in [0.717, 1.165) is 0 Å². The van der Waals surface area contributed by atoms with E-state index in [1.807, 2.05) is 0 Å². The number of hydrogen-bond acceptors (Lipinski definition) is 4. The molecule has 0 fully saturated rings. The van der Waals surface area contributed by atoms with Gasteiger partial charge in [-0.05, 0) is 6.08 Å².